The Balaban J connectivity index is 1.54. The van der Waals surface area contributed by atoms with E-state index in [1.54, 1.807) is 4.90 Å². The summed E-state index contributed by atoms with van der Waals surface area (Å²) in [6.07, 6.45) is 0.318. The predicted molar refractivity (Wildman–Crippen MR) is 106 cm³/mol. The fourth-order valence-corrected chi connectivity index (χ4v) is 4.84. The lowest BCUT2D eigenvalue weighted by Gasteiger charge is -2.50. The van der Waals surface area contributed by atoms with Crippen LogP contribution in [0.4, 0.5) is 0 Å². The predicted octanol–water partition coefficient (Wildman–Crippen LogP) is 1.46. The number of carbonyl (C=O) groups is 2. The summed E-state index contributed by atoms with van der Waals surface area (Å²) >= 11 is 1.50. The highest BCUT2D eigenvalue weighted by atomic mass is 32.1. The largest absolute Gasteiger partial charge is 0.364 e. The highest BCUT2D eigenvalue weighted by Gasteiger charge is 2.50. The van der Waals surface area contributed by atoms with Crippen LogP contribution in [0.5, 0.6) is 0 Å². The normalized spacial score (nSPS) is 24.8. The lowest BCUT2D eigenvalue weighted by molar-refractivity contribution is -0.150. The summed E-state index contributed by atoms with van der Waals surface area (Å²) in [6, 6.07) is 9.88. The monoisotopic (exact) mass is 400 g/mol. The van der Waals surface area contributed by atoms with Crippen LogP contribution in [0.25, 0.3) is 0 Å². The number of thiazole rings is 1. The van der Waals surface area contributed by atoms with Crippen molar-refractivity contribution in [2.75, 3.05) is 33.8 Å². The molecule has 7 nitrogen and oxygen atoms in total. The zero-order chi connectivity index (χ0) is 19.7. The van der Waals surface area contributed by atoms with Crippen molar-refractivity contribution in [2.24, 2.45) is 0 Å². The van der Waals surface area contributed by atoms with Crippen LogP contribution in [0, 0.1) is 0 Å². The number of fused-ring (bicyclic) bond motifs is 1. The Morgan fingerprint density at radius 3 is 2.93 bits per heavy atom. The van der Waals surface area contributed by atoms with Gasteiger partial charge in [0, 0.05) is 25.0 Å². The molecule has 0 aliphatic carbocycles. The van der Waals surface area contributed by atoms with Crippen molar-refractivity contribution < 1.29 is 14.3 Å². The van der Waals surface area contributed by atoms with Gasteiger partial charge in [-0.1, -0.05) is 30.3 Å². The van der Waals surface area contributed by atoms with Crippen molar-refractivity contribution in [2.45, 2.75) is 24.6 Å². The molecule has 28 heavy (non-hydrogen) atoms. The van der Waals surface area contributed by atoms with Crippen LogP contribution < -0.4 is 5.32 Å². The molecule has 0 radical (unpaired) electrons. The molecule has 2 aliphatic rings. The Morgan fingerprint density at radius 2 is 2.18 bits per heavy atom. The van der Waals surface area contributed by atoms with Gasteiger partial charge in [-0.15, -0.1) is 11.3 Å². The second-order valence-corrected chi connectivity index (χ2v) is 8.49. The lowest BCUT2D eigenvalue weighted by atomic mass is 9.77. The second kappa shape index (κ2) is 7.62. The first-order valence-corrected chi connectivity index (χ1v) is 10.2. The third-order valence-corrected chi connectivity index (χ3v) is 6.12. The minimum absolute atomic E-state index is 0.0188. The van der Waals surface area contributed by atoms with E-state index in [0.717, 1.165) is 10.6 Å². The summed E-state index contributed by atoms with van der Waals surface area (Å²) in [7, 11) is 3.96. The van der Waals surface area contributed by atoms with Gasteiger partial charge in [0.2, 0.25) is 5.91 Å². The van der Waals surface area contributed by atoms with Crippen molar-refractivity contribution in [1.29, 1.82) is 0 Å². The molecule has 2 atom stereocenters. The lowest BCUT2D eigenvalue weighted by Crippen LogP contribution is -2.67. The van der Waals surface area contributed by atoms with E-state index in [4.69, 9.17) is 4.74 Å². The molecule has 2 saturated heterocycles. The number of benzene rings is 1. The molecule has 1 N–H and O–H groups in total. The smallest absolute Gasteiger partial charge is 0.273 e. The molecule has 0 spiro atoms. The number of aromatic nitrogens is 1. The average Bonchev–Trinajstić information content (AvgIpc) is 3.15. The number of ether oxygens (including phenoxy) is 1. The second-order valence-electron chi connectivity index (χ2n) is 7.55. The zero-order valence-corrected chi connectivity index (χ0v) is 16.9. The van der Waals surface area contributed by atoms with Gasteiger partial charge < -0.3 is 19.9 Å². The number of piperidine rings is 1. The van der Waals surface area contributed by atoms with Crippen molar-refractivity contribution in [1.82, 2.24) is 20.1 Å². The van der Waals surface area contributed by atoms with E-state index in [9.17, 15) is 9.59 Å². The first kappa shape index (κ1) is 19.0. The van der Waals surface area contributed by atoms with Crippen molar-refractivity contribution in [3.63, 3.8) is 0 Å². The molecule has 1 aromatic heterocycles. The van der Waals surface area contributed by atoms with Crippen LogP contribution in [0.3, 0.4) is 0 Å². The Bertz CT molecular complexity index is 869. The Kier molecular flexibility index (Phi) is 5.18. The molecule has 2 aliphatic heterocycles. The van der Waals surface area contributed by atoms with Gasteiger partial charge in [0.15, 0.2) is 0 Å². The quantitative estimate of drug-likeness (QED) is 0.841. The molecular formula is C20H24N4O3S. The number of nitrogens with zero attached hydrogens (tertiary/aromatic N) is 3. The first-order valence-electron chi connectivity index (χ1n) is 9.34. The number of amides is 2. The third kappa shape index (κ3) is 3.55. The SMILES string of the molecule is CN(C)Cc1nc(C(=O)N2CC[C@@]3(c4ccccc4)NC(=O)CO[C@@H]3C2)cs1. The highest BCUT2D eigenvalue weighted by Crippen LogP contribution is 2.37. The van der Waals surface area contributed by atoms with E-state index in [-0.39, 0.29) is 24.5 Å². The standard InChI is InChI=1S/C20H24N4O3S/c1-23(2)11-18-21-15(13-28-18)19(26)24-9-8-20(14-6-4-3-5-7-14)16(10-24)27-12-17(25)22-20/h3-7,13,16H,8-12H2,1-2H3,(H,22,25)/t16-,20+/m1/s1. The summed E-state index contributed by atoms with van der Waals surface area (Å²) in [5.41, 5.74) is 0.905. The van der Waals surface area contributed by atoms with Gasteiger partial charge in [-0.2, -0.15) is 0 Å². The van der Waals surface area contributed by atoms with Gasteiger partial charge in [-0.25, -0.2) is 4.98 Å². The molecule has 4 rings (SSSR count). The molecule has 2 amide bonds. The van der Waals surface area contributed by atoms with Crippen molar-refractivity contribution in [3.8, 4) is 0 Å². The fourth-order valence-electron chi connectivity index (χ4n) is 3.96. The number of morpholine rings is 1. The maximum absolute atomic E-state index is 13.0. The minimum Gasteiger partial charge on any atom is -0.364 e. The van der Waals surface area contributed by atoms with Gasteiger partial charge in [-0.3, -0.25) is 9.59 Å². The summed E-state index contributed by atoms with van der Waals surface area (Å²) in [5, 5.41) is 5.90. The number of nitrogens with one attached hydrogen (secondary N) is 1. The van der Waals surface area contributed by atoms with E-state index in [0.29, 0.717) is 31.7 Å². The molecule has 0 unspecified atom stereocenters. The molecule has 0 saturated carbocycles. The molecule has 148 valence electrons. The minimum atomic E-state index is -0.592. The van der Waals surface area contributed by atoms with Gasteiger partial charge >= 0.3 is 0 Å². The van der Waals surface area contributed by atoms with Crippen LogP contribution in [0.2, 0.25) is 0 Å². The van der Waals surface area contributed by atoms with Crippen LogP contribution in [0.1, 0.15) is 27.5 Å². The van der Waals surface area contributed by atoms with E-state index < -0.39 is 5.54 Å². The number of likely N-dealkylation sites (tertiary alicyclic amines) is 1. The summed E-state index contributed by atoms with van der Waals surface area (Å²) < 4.78 is 5.90. The fraction of sp³-hybridized carbons (Fsp3) is 0.450. The highest BCUT2D eigenvalue weighted by molar-refractivity contribution is 7.09. The van der Waals surface area contributed by atoms with Crippen LogP contribution in [0.15, 0.2) is 35.7 Å². The number of hydrogen-bond donors (Lipinski definition) is 1. The molecule has 2 aromatic rings. The average molecular weight is 401 g/mol. The number of rotatable bonds is 4. The third-order valence-electron chi connectivity index (χ3n) is 5.29. The van der Waals surface area contributed by atoms with E-state index >= 15 is 0 Å². The number of carbonyl (C=O) groups excluding carboxylic acids is 2. The van der Waals surface area contributed by atoms with Crippen molar-refractivity contribution in [3.05, 3.63) is 52.0 Å². The first-order chi connectivity index (χ1) is 13.5. The van der Waals surface area contributed by atoms with Gasteiger partial charge in [0.25, 0.3) is 5.91 Å². The Labute approximate surface area is 168 Å². The van der Waals surface area contributed by atoms with Gasteiger partial charge in [0.1, 0.15) is 23.4 Å². The number of hydrogen-bond acceptors (Lipinski definition) is 6. The maximum atomic E-state index is 13.0. The zero-order valence-electron chi connectivity index (χ0n) is 16.1. The maximum Gasteiger partial charge on any atom is 0.273 e. The summed E-state index contributed by atoms with van der Waals surface area (Å²) in [6.45, 7) is 1.70. The molecule has 0 bridgehead atoms. The van der Waals surface area contributed by atoms with E-state index in [1.165, 1.54) is 11.3 Å². The van der Waals surface area contributed by atoms with Crippen LogP contribution in [-0.2, 0) is 21.6 Å². The van der Waals surface area contributed by atoms with Gasteiger partial charge in [-0.05, 0) is 26.1 Å². The Hall–Kier alpha value is -2.29. The van der Waals surface area contributed by atoms with E-state index in [1.807, 2.05) is 54.7 Å². The summed E-state index contributed by atoms with van der Waals surface area (Å²) in [4.78, 5) is 33.4. The molecule has 8 heteroatoms. The van der Waals surface area contributed by atoms with Gasteiger partial charge in [0.05, 0.1) is 5.54 Å². The Morgan fingerprint density at radius 1 is 1.39 bits per heavy atom. The molecule has 2 fully saturated rings. The van der Waals surface area contributed by atoms with Crippen molar-refractivity contribution >= 4 is 23.2 Å². The molecular weight excluding hydrogens is 376 g/mol. The molecule has 3 heterocycles. The van der Waals surface area contributed by atoms with Crippen LogP contribution >= 0.6 is 11.3 Å². The summed E-state index contributed by atoms with van der Waals surface area (Å²) in [5.74, 6) is -0.198. The van der Waals surface area contributed by atoms with Crippen LogP contribution in [-0.4, -0.2) is 66.5 Å². The topological polar surface area (TPSA) is 74.8 Å². The van der Waals surface area contributed by atoms with E-state index in [2.05, 4.69) is 10.3 Å². The molecule has 1 aromatic carbocycles.